The van der Waals surface area contributed by atoms with Crippen molar-refractivity contribution in [3.8, 4) is 0 Å². The van der Waals surface area contributed by atoms with Crippen LogP contribution in [0, 0.1) is 11.8 Å². The first-order chi connectivity index (χ1) is 17.5. The van der Waals surface area contributed by atoms with E-state index in [1.807, 2.05) is 42.5 Å². The number of hydrogen-bond donors (Lipinski definition) is 1. The average Bonchev–Trinajstić information content (AvgIpc) is 3.23. The van der Waals surface area contributed by atoms with Gasteiger partial charge in [-0.1, -0.05) is 60.9 Å². The summed E-state index contributed by atoms with van der Waals surface area (Å²) in [6, 6.07) is 6.48. The molecule has 2 amide bonds. The van der Waals surface area contributed by atoms with Crippen molar-refractivity contribution in [1.82, 2.24) is 4.90 Å². The Balaban J connectivity index is 1.54. The van der Waals surface area contributed by atoms with Crippen molar-refractivity contribution in [3.05, 3.63) is 53.6 Å². The number of amides is 2. The third-order valence-corrected chi connectivity index (χ3v) is 9.63. The SMILES string of the molecule is O=C1OCCC=C[C@H]2S[C@]34C=CCN(c5ccccc5Cl)C(=O)C3N(CCCCCCO)C(=O)[C@@H]4[C@@H]12. The van der Waals surface area contributed by atoms with Gasteiger partial charge in [0.15, 0.2) is 0 Å². The molecule has 4 aliphatic heterocycles. The fourth-order valence-electron chi connectivity index (χ4n) is 5.98. The van der Waals surface area contributed by atoms with Crippen LogP contribution in [0.15, 0.2) is 48.6 Å². The van der Waals surface area contributed by atoms with Gasteiger partial charge in [0.2, 0.25) is 5.91 Å². The van der Waals surface area contributed by atoms with Gasteiger partial charge in [-0.15, -0.1) is 11.8 Å². The van der Waals surface area contributed by atoms with Gasteiger partial charge in [0.25, 0.3) is 5.91 Å². The maximum absolute atomic E-state index is 14.3. The highest BCUT2D eigenvalue weighted by atomic mass is 35.5. The first-order valence-electron chi connectivity index (χ1n) is 12.7. The lowest BCUT2D eigenvalue weighted by Crippen LogP contribution is -2.53. The molecule has 2 saturated heterocycles. The number of rotatable bonds is 7. The summed E-state index contributed by atoms with van der Waals surface area (Å²) in [6.45, 7) is 1.19. The topological polar surface area (TPSA) is 87.2 Å². The molecule has 0 bridgehead atoms. The van der Waals surface area contributed by atoms with E-state index in [1.165, 1.54) is 0 Å². The Morgan fingerprint density at radius 2 is 1.89 bits per heavy atom. The number of benzene rings is 1. The lowest BCUT2D eigenvalue weighted by atomic mass is 9.78. The van der Waals surface area contributed by atoms with Gasteiger partial charge in [0, 0.05) is 24.9 Å². The summed E-state index contributed by atoms with van der Waals surface area (Å²) in [5, 5.41) is 9.34. The molecule has 1 aromatic carbocycles. The van der Waals surface area contributed by atoms with Gasteiger partial charge in [-0.2, -0.15) is 0 Å². The number of unbranched alkanes of at least 4 members (excludes halogenated alkanes) is 3. The number of likely N-dealkylation sites (tertiary alicyclic amines) is 1. The van der Waals surface area contributed by atoms with Crippen LogP contribution in [0.3, 0.4) is 0 Å². The van der Waals surface area contributed by atoms with E-state index in [1.54, 1.807) is 27.6 Å². The lowest BCUT2D eigenvalue weighted by molar-refractivity contribution is -0.153. The number of esters is 1. The molecule has 9 heteroatoms. The van der Waals surface area contributed by atoms with E-state index in [4.69, 9.17) is 21.4 Å². The summed E-state index contributed by atoms with van der Waals surface area (Å²) < 4.78 is 4.66. The zero-order valence-corrected chi connectivity index (χ0v) is 21.6. The number of halogens is 1. The number of carbonyl (C=O) groups is 3. The highest BCUT2D eigenvalue weighted by molar-refractivity contribution is 8.02. The van der Waals surface area contributed by atoms with Crippen LogP contribution in [0.1, 0.15) is 32.1 Å². The number of thioether (sulfide) groups is 1. The molecule has 4 aliphatic rings. The summed E-state index contributed by atoms with van der Waals surface area (Å²) >= 11 is 8.03. The number of ether oxygens (including phenoxy) is 1. The smallest absolute Gasteiger partial charge is 0.311 e. The van der Waals surface area contributed by atoms with Crippen LogP contribution in [-0.2, 0) is 19.1 Å². The number of hydrogen-bond acceptors (Lipinski definition) is 6. The van der Waals surface area contributed by atoms with Crippen molar-refractivity contribution in [2.24, 2.45) is 11.8 Å². The van der Waals surface area contributed by atoms with Gasteiger partial charge < -0.3 is 19.6 Å². The van der Waals surface area contributed by atoms with Crippen LogP contribution >= 0.6 is 23.4 Å². The number of anilines is 1. The number of nitrogens with zero attached hydrogens (tertiary/aromatic N) is 2. The van der Waals surface area contributed by atoms with Gasteiger partial charge in [-0.05, 0) is 31.4 Å². The fraction of sp³-hybridized carbons (Fsp3) is 0.519. The minimum absolute atomic E-state index is 0.141. The van der Waals surface area contributed by atoms with Crippen molar-refractivity contribution in [2.45, 2.75) is 48.1 Å². The zero-order valence-electron chi connectivity index (χ0n) is 20.1. The third-order valence-electron chi connectivity index (χ3n) is 7.57. The van der Waals surface area contributed by atoms with Crippen LogP contribution < -0.4 is 4.90 Å². The summed E-state index contributed by atoms with van der Waals surface area (Å²) in [5.41, 5.74) is 0.609. The van der Waals surface area contributed by atoms with Gasteiger partial charge >= 0.3 is 5.97 Å². The van der Waals surface area contributed by atoms with Gasteiger partial charge in [0.1, 0.15) is 6.04 Å². The summed E-state index contributed by atoms with van der Waals surface area (Å²) in [5.74, 6) is -2.00. The molecule has 5 atom stereocenters. The second kappa shape index (κ2) is 10.6. The molecule has 4 heterocycles. The molecule has 2 fully saturated rings. The molecule has 7 nitrogen and oxygen atoms in total. The summed E-state index contributed by atoms with van der Waals surface area (Å²) in [6.07, 6.45) is 11.7. The largest absolute Gasteiger partial charge is 0.465 e. The van der Waals surface area contributed by atoms with E-state index in [0.29, 0.717) is 43.2 Å². The molecular weight excluding hydrogens is 500 g/mol. The average molecular weight is 531 g/mol. The minimum Gasteiger partial charge on any atom is -0.465 e. The van der Waals surface area contributed by atoms with Crippen LogP contribution in [0.5, 0.6) is 0 Å². The second-order valence-electron chi connectivity index (χ2n) is 9.70. The van der Waals surface area contributed by atoms with Crippen LogP contribution in [0.2, 0.25) is 5.02 Å². The molecule has 192 valence electrons. The number of fused-ring (bicyclic) bond motifs is 2. The maximum Gasteiger partial charge on any atom is 0.311 e. The third kappa shape index (κ3) is 4.27. The van der Waals surface area contributed by atoms with Crippen LogP contribution in [0.4, 0.5) is 5.69 Å². The van der Waals surface area contributed by atoms with E-state index >= 15 is 0 Å². The number of aliphatic hydroxyl groups excluding tert-OH is 1. The van der Waals surface area contributed by atoms with Crippen molar-refractivity contribution in [1.29, 1.82) is 0 Å². The van der Waals surface area contributed by atoms with E-state index in [9.17, 15) is 14.4 Å². The maximum atomic E-state index is 14.3. The standard InChI is InChI=1S/C27H31ClN2O5S/c28-18-10-3-4-11-19(18)29-15-9-13-27-22(21-20(36-27)12-5-8-17-35-26(21)34)24(32)30(23(27)25(29)33)14-6-1-2-7-16-31/h3-5,9-13,20-23,31H,1-2,6-8,14-17H2/t20-,21+,22+,23?,27+/m1/s1. The molecule has 1 aromatic rings. The summed E-state index contributed by atoms with van der Waals surface area (Å²) in [7, 11) is 0. The fourth-order valence-corrected chi connectivity index (χ4v) is 8.22. The predicted octanol–water partition coefficient (Wildman–Crippen LogP) is 3.60. The number of carbonyl (C=O) groups excluding carboxylic acids is 3. The molecular formula is C27H31ClN2O5S. The monoisotopic (exact) mass is 530 g/mol. The Labute approximate surface area is 220 Å². The highest BCUT2D eigenvalue weighted by Gasteiger charge is 2.71. The lowest BCUT2D eigenvalue weighted by Gasteiger charge is -2.35. The molecule has 0 aromatic heterocycles. The predicted molar refractivity (Wildman–Crippen MR) is 140 cm³/mol. The minimum atomic E-state index is -0.863. The van der Waals surface area contributed by atoms with Crippen molar-refractivity contribution >= 4 is 46.8 Å². The molecule has 0 radical (unpaired) electrons. The highest BCUT2D eigenvalue weighted by Crippen LogP contribution is 2.61. The number of para-hydroxylation sites is 1. The molecule has 0 aliphatic carbocycles. The molecule has 0 saturated carbocycles. The molecule has 36 heavy (non-hydrogen) atoms. The quantitative estimate of drug-likeness (QED) is 0.329. The van der Waals surface area contributed by atoms with E-state index < -0.39 is 22.6 Å². The van der Waals surface area contributed by atoms with E-state index in [-0.39, 0.29) is 29.6 Å². The Morgan fingerprint density at radius 3 is 2.69 bits per heavy atom. The zero-order chi connectivity index (χ0) is 25.3. The number of cyclic esters (lactones) is 1. The second-order valence-corrected chi connectivity index (χ2v) is 11.6. The normalized spacial score (nSPS) is 31.4. The van der Waals surface area contributed by atoms with E-state index in [2.05, 4.69) is 0 Å². The van der Waals surface area contributed by atoms with Crippen molar-refractivity contribution < 1.29 is 24.2 Å². The van der Waals surface area contributed by atoms with Crippen LogP contribution in [-0.4, -0.2) is 70.1 Å². The van der Waals surface area contributed by atoms with Gasteiger partial charge in [-0.25, -0.2) is 0 Å². The Kier molecular flexibility index (Phi) is 7.47. The van der Waals surface area contributed by atoms with Crippen molar-refractivity contribution in [3.63, 3.8) is 0 Å². The number of aliphatic hydroxyl groups is 1. The first-order valence-corrected chi connectivity index (χ1v) is 13.9. The molecule has 5 rings (SSSR count). The van der Waals surface area contributed by atoms with Crippen molar-refractivity contribution in [2.75, 3.05) is 31.2 Å². The van der Waals surface area contributed by atoms with Gasteiger partial charge in [-0.3, -0.25) is 14.4 Å². The van der Waals surface area contributed by atoms with E-state index in [0.717, 1.165) is 19.3 Å². The van der Waals surface area contributed by atoms with Crippen LogP contribution in [0.25, 0.3) is 0 Å². The Bertz CT molecular complexity index is 1090. The molecule has 1 spiro atoms. The Morgan fingerprint density at radius 1 is 1.08 bits per heavy atom. The molecule has 1 unspecified atom stereocenters. The first kappa shape index (κ1) is 25.4. The summed E-state index contributed by atoms with van der Waals surface area (Å²) in [4.78, 5) is 44.8. The van der Waals surface area contributed by atoms with Gasteiger partial charge in [0.05, 0.1) is 33.9 Å². The Hall–Kier alpha value is -2.29. The molecule has 1 N–H and O–H groups in total.